The quantitative estimate of drug-likeness (QED) is 0.299. The minimum atomic E-state index is -1.16. The summed E-state index contributed by atoms with van der Waals surface area (Å²) in [6.07, 6.45) is 1.05. The van der Waals surface area contributed by atoms with Gasteiger partial charge in [-0.25, -0.2) is 9.78 Å². The lowest BCUT2D eigenvalue weighted by Gasteiger charge is -2.41. The highest BCUT2D eigenvalue weighted by Crippen LogP contribution is 2.37. The predicted molar refractivity (Wildman–Crippen MR) is 153 cm³/mol. The zero-order valence-corrected chi connectivity index (χ0v) is 22.5. The Bertz CT molecular complexity index is 1580. The topological polar surface area (TPSA) is 88.6 Å². The van der Waals surface area contributed by atoms with Crippen LogP contribution in [0.3, 0.4) is 0 Å². The second-order valence-corrected chi connectivity index (χ2v) is 10.3. The van der Waals surface area contributed by atoms with Gasteiger partial charge in [0.15, 0.2) is 6.61 Å². The Labute approximate surface area is 227 Å². The van der Waals surface area contributed by atoms with E-state index in [1.165, 1.54) is 10.5 Å². The summed E-state index contributed by atoms with van der Waals surface area (Å²) in [5, 5.41) is 3.47. The molecular formula is C32H31N3O4. The zero-order valence-electron chi connectivity index (χ0n) is 22.5. The minimum absolute atomic E-state index is 0.315. The van der Waals surface area contributed by atoms with Crippen molar-refractivity contribution in [1.82, 2.24) is 4.98 Å². The summed E-state index contributed by atoms with van der Waals surface area (Å²) < 4.78 is 5.56. The van der Waals surface area contributed by atoms with E-state index in [1.54, 1.807) is 44.2 Å². The van der Waals surface area contributed by atoms with Crippen LogP contribution < -0.4 is 10.2 Å². The second kappa shape index (κ2) is 10.3. The third kappa shape index (κ3) is 4.88. The van der Waals surface area contributed by atoms with E-state index in [1.807, 2.05) is 36.4 Å². The number of benzene rings is 3. The number of carbonyl (C=O) groups excluding carboxylic acids is 3. The number of anilines is 2. The minimum Gasteiger partial charge on any atom is -0.452 e. The predicted octanol–water partition coefficient (Wildman–Crippen LogP) is 6.34. The lowest BCUT2D eigenvalue weighted by atomic mass is 9.96. The van der Waals surface area contributed by atoms with Crippen molar-refractivity contribution in [3.63, 3.8) is 0 Å². The zero-order chi connectivity index (χ0) is 27.7. The van der Waals surface area contributed by atoms with E-state index in [9.17, 15) is 14.4 Å². The van der Waals surface area contributed by atoms with Crippen molar-refractivity contribution in [3.05, 3.63) is 90.0 Å². The van der Waals surface area contributed by atoms with Gasteiger partial charge in [-0.15, -0.1) is 0 Å². The number of nitrogens with one attached hydrogen (secondary N) is 1. The summed E-state index contributed by atoms with van der Waals surface area (Å²) in [4.78, 5) is 45.7. The van der Waals surface area contributed by atoms with Gasteiger partial charge in [0, 0.05) is 10.9 Å². The molecule has 1 N–H and O–H groups in total. The maximum atomic E-state index is 13.4. The van der Waals surface area contributed by atoms with Crippen LogP contribution in [0.4, 0.5) is 11.4 Å². The SMILES string of the molecule is CC[C@@H](C)c1ccc(-c2cc(C(=O)OCC(=O)N3c4ccccc4NC(=O)C3(C)C)c3ccccc3n2)cc1. The van der Waals surface area contributed by atoms with E-state index < -0.39 is 24.0 Å². The van der Waals surface area contributed by atoms with E-state index in [-0.39, 0.29) is 5.91 Å². The summed E-state index contributed by atoms with van der Waals surface area (Å²) >= 11 is 0. The fourth-order valence-corrected chi connectivity index (χ4v) is 4.88. The number of hydrogen-bond acceptors (Lipinski definition) is 5. The van der Waals surface area contributed by atoms with Gasteiger partial charge >= 0.3 is 5.97 Å². The van der Waals surface area contributed by atoms with Gasteiger partial charge in [0.2, 0.25) is 5.91 Å². The molecule has 1 atom stereocenters. The molecule has 4 aromatic rings. The summed E-state index contributed by atoms with van der Waals surface area (Å²) in [6, 6.07) is 24.3. The Morgan fingerprint density at radius 1 is 1.00 bits per heavy atom. The molecular weight excluding hydrogens is 490 g/mol. The summed E-state index contributed by atoms with van der Waals surface area (Å²) in [7, 11) is 0. The van der Waals surface area contributed by atoms with Crippen LogP contribution in [0.25, 0.3) is 22.2 Å². The van der Waals surface area contributed by atoms with Crippen LogP contribution in [0.15, 0.2) is 78.9 Å². The molecule has 1 aliphatic rings. The highest BCUT2D eigenvalue weighted by Gasteiger charge is 2.43. The molecule has 0 aliphatic carbocycles. The van der Waals surface area contributed by atoms with Crippen molar-refractivity contribution in [3.8, 4) is 11.3 Å². The Kier molecular flexibility index (Phi) is 6.91. The normalized spacial score (nSPS) is 14.9. The van der Waals surface area contributed by atoms with Crippen LogP contribution in [0, 0.1) is 0 Å². The fraction of sp³-hybridized carbons (Fsp3) is 0.250. The molecule has 2 amide bonds. The molecule has 7 heteroatoms. The molecule has 0 saturated heterocycles. The largest absolute Gasteiger partial charge is 0.452 e. The fourth-order valence-electron chi connectivity index (χ4n) is 4.88. The van der Waals surface area contributed by atoms with Gasteiger partial charge in [0.05, 0.1) is 28.1 Å². The van der Waals surface area contributed by atoms with Crippen molar-refractivity contribution in [1.29, 1.82) is 0 Å². The first-order valence-corrected chi connectivity index (χ1v) is 13.1. The molecule has 0 bridgehead atoms. The van der Waals surface area contributed by atoms with Crippen LogP contribution in [0.2, 0.25) is 0 Å². The van der Waals surface area contributed by atoms with Gasteiger partial charge in [0.1, 0.15) is 5.54 Å². The molecule has 7 nitrogen and oxygen atoms in total. The van der Waals surface area contributed by atoms with Crippen molar-refractivity contribution in [2.45, 2.75) is 45.6 Å². The molecule has 5 rings (SSSR count). The summed E-state index contributed by atoms with van der Waals surface area (Å²) in [5.74, 6) is -0.985. The number of carbonyl (C=O) groups is 3. The number of hydrogen-bond donors (Lipinski definition) is 1. The average Bonchev–Trinajstić information content (AvgIpc) is 2.95. The molecule has 0 saturated carbocycles. The van der Waals surface area contributed by atoms with E-state index in [0.29, 0.717) is 39.5 Å². The van der Waals surface area contributed by atoms with Crippen molar-refractivity contribution in [2.24, 2.45) is 0 Å². The molecule has 0 spiro atoms. The first kappa shape index (κ1) is 26.1. The first-order valence-electron chi connectivity index (χ1n) is 13.1. The maximum absolute atomic E-state index is 13.4. The van der Waals surface area contributed by atoms with Crippen LogP contribution in [-0.4, -0.2) is 34.9 Å². The van der Waals surface area contributed by atoms with E-state index >= 15 is 0 Å². The number of nitrogens with zero attached hydrogens (tertiary/aromatic N) is 2. The smallest absolute Gasteiger partial charge is 0.339 e. The van der Waals surface area contributed by atoms with Crippen LogP contribution >= 0.6 is 0 Å². The number of fused-ring (bicyclic) bond motifs is 2. The Morgan fingerprint density at radius 2 is 1.69 bits per heavy atom. The number of ether oxygens (including phenoxy) is 1. The van der Waals surface area contributed by atoms with Gasteiger partial charge in [-0.2, -0.15) is 0 Å². The van der Waals surface area contributed by atoms with Crippen LogP contribution in [0.1, 0.15) is 56.0 Å². The Balaban J connectivity index is 1.43. The summed E-state index contributed by atoms with van der Waals surface area (Å²) in [6.45, 7) is 7.15. The second-order valence-electron chi connectivity index (χ2n) is 10.3. The standard InChI is InChI=1S/C32H31N3O4/c1-5-20(2)21-14-16-22(17-15-21)27-18-24(23-10-6-7-11-25(23)33-27)30(37)39-19-29(36)35-28-13-9-8-12-26(28)34-31(38)32(35,3)4/h6-18,20H,5,19H2,1-4H3,(H,34,38)/t20-/m1/s1. The number of amides is 2. The third-order valence-corrected chi connectivity index (χ3v) is 7.41. The van der Waals surface area contributed by atoms with Crippen molar-refractivity contribution < 1.29 is 19.1 Å². The number of para-hydroxylation sites is 3. The molecule has 0 fully saturated rings. The number of pyridine rings is 1. The van der Waals surface area contributed by atoms with Crippen molar-refractivity contribution >= 4 is 40.1 Å². The van der Waals surface area contributed by atoms with E-state index in [4.69, 9.17) is 9.72 Å². The molecule has 0 unspecified atom stereocenters. The van der Waals surface area contributed by atoms with E-state index in [2.05, 4.69) is 31.3 Å². The molecule has 2 heterocycles. The van der Waals surface area contributed by atoms with Crippen LogP contribution in [-0.2, 0) is 14.3 Å². The molecule has 0 radical (unpaired) electrons. The summed E-state index contributed by atoms with van der Waals surface area (Å²) in [5.41, 5.74) is 3.69. The van der Waals surface area contributed by atoms with Gasteiger partial charge in [-0.3, -0.25) is 14.5 Å². The average molecular weight is 522 g/mol. The van der Waals surface area contributed by atoms with Gasteiger partial charge in [0.25, 0.3) is 5.91 Å². The maximum Gasteiger partial charge on any atom is 0.339 e. The Morgan fingerprint density at radius 3 is 2.44 bits per heavy atom. The molecule has 3 aromatic carbocycles. The van der Waals surface area contributed by atoms with E-state index in [0.717, 1.165) is 12.0 Å². The first-order chi connectivity index (χ1) is 18.7. The van der Waals surface area contributed by atoms with Gasteiger partial charge < -0.3 is 10.1 Å². The highest BCUT2D eigenvalue weighted by molar-refractivity contribution is 6.15. The molecule has 1 aliphatic heterocycles. The Hall–Kier alpha value is -4.52. The monoisotopic (exact) mass is 521 g/mol. The van der Waals surface area contributed by atoms with Crippen molar-refractivity contribution in [2.75, 3.05) is 16.8 Å². The number of aromatic nitrogens is 1. The number of esters is 1. The lowest BCUT2D eigenvalue weighted by Crippen LogP contribution is -2.59. The third-order valence-electron chi connectivity index (χ3n) is 7.41. The number of rotatable bonds is 6. The van der Waals surface area contributed by atoms with Gasteiger partial charge in [-0.05, 0) is 56.0 Å². The molecule has 198 valence electrons. The molecule has 39 heavy (non-hydrogen) atoms. The molecule has 1 aromatic heterocycles. The van der Waals surface area contributed by atoms with Crippen LogP contribution in [0.5, 0.6) is 0 Å². The highest BCUT2D eigenvalue weighted by atomic mass is 16.5. The lowest BCUT2D eigenvalue weighted by molar-refractivity contribution is -0.128. The van der Waals surface area contributed by atoms with Gasteiger partial charge in [-0.1, -0.05) is 68.4 Å².